The number of carbonyl (C=O) groups is 1. The molecule has 1 unspecified atom stereocenters. The molecule has 0 aliphatic carbocycles. The summed E-state index contributed by atoms with van der Waals surface area (Å²) in [5.41, 5.74) is 7.27. The van der Waals surface area contributed by atoms with E-state index in [0.717, 1.165) is 12.8 Å². The minimum Gasteiger partial charge on any atom is -0.427 e. The van der Waals surface area contributed by atoms with Crippen LogP contribution in [0.25, 0.3) is 0 Å². The highest BCUT2D eigenvalue weighted by molar-refractivity contribution is 5.95. The number of nitrogens with zero attached hydrogens (tertiary/aromatic N) is 1. The lowest BCUT2D eigenvalue weighted by Crippen LogP contribution is -2.35. The van der Waals surface area contributed by atoms with Crippen LogP contribution in [0.4, 0.5) is 0 Å². The van der Waals surface area contributed by atoms with E-state index in [9.17, 15) is 9.59 Å². The van der Waals surface area contributed by atoms with Gasteiger partial charge in [-0.25, -0.2) is 4.79 Å². The quantitative estimate of drug-likeness (QED) is 0.931. The van der Waals surface area contributed by atoms with E-state index in [4.69, 9.17) is 10.2 Å². The molecule has 1 atom stereocenters. The average Bonchev–Trinajstić information content (AvgIpc) is 3.00. The number of amides is 1. The fourth-order valence-corrected chi connectivity index (χ4v) is 3.10. The van der Waals surface area contributed by atoms with Crippen molar-refractivity contribution in [2.45, 2.75) is 32.2 Å². The first kappa shape index (κ1) is 16.5. The Hall–Kier alpha value is -2.40. The van der Waals surface area contributed by atoms with Gasteiger partial charge in [-0.15, -0.1) is 0 Å². The Morgan fingerprint density at radius 1 is 1.29 bits per heavy atom. The van der Waals surface area contributed by atoms with Crippen molar-refractivity contribution in [1.29, 1.82) is 0 Å². The van der Waals surface area contributed by atoms with Gasteiger partial charge < -0.3 is 15.1 Å². The van der Waals surface area contributed by atoms with Crippen LogP contribution in [0.3, 0.4) is 0 Å². The maximum absolute atomic E-state index is 12.5. The molecule has 126 valence electrons. The number of likely N-dealkylation sites (tertiary alicyclic amines) is 1. The molecule has 0 saturated carbocycles. The molecule has 24 heavy (non-hydrogen) atoms. The van der Waals surface area contributed by atoms with E-state index in [1.165, 1.54) is 5.56 Å². The van der Waals surface area contributed by atoms with Gasteiger partial charge in [0.15, 0.2) is 0 Å². The van der Waals surface area contributed by atoms with Crippen LogP contribution in [-0.4, -0.2) is 29.9 Å². The van der Waals surface area contributed by atoms with Crippen LogP contribution in [0.15, 0.2) is 45.6 Å². The number of aryl methyl sites for hydroxylation is 3. The first-order chi connectivity index (χ1) is 11.5. The van der Waals surface area contributed by atoms with E-state index in [1.54, 1.807) is 17.9 Å². The molecule has 1 aliphatic heterocycles. The fraction of sp³-hybridized carbons (Fsp3) is 0.368. The molecular formula is C19H22N2O3. The molecule has 2 heterocycles. The van der Waals surface area contributed by atoms with E-state index in [0.29, 0.717) is 30.8 Å². The second-order valence-electron chi connectivity index (χ2n) is 6.34. The second kappa shape index (κ2) is 7.01. The zero-order valence-electron chi connectivity index (χ0n) is 13.8. The number of hydrogen-bond acceptors (Lipinski definition) is 4. The molecule has 0 spiro atoms. The summed E-state index contributed by atoms with van der Waals surface area (Å²) >= 11 is 0. The van der Waals surface area contributed by atoms with Crippen molar-refractivity contribution in [2.24, 2.45) is 5.73 Å². The molecule has 1 aromatic heterocycles. The largest absolute Gasteiger partial charge is 0.427 e. The van der Waals surface area contributed by atoms with E-state index >= 15 is 0 Å². The monoisotopic (exact) mass is 326 g/mol. The Balaban J connectivity index is 1.76. The van der Waals surface area contributed by atoms with Gasteiger partial charge in [0, 0.05) is 25.6 Å². The van der Waals surface area contributed by atoms with Crippen LogP contribution in [-0.2, 0) is 12.8 Å². The molecule has 1 saturated heterocycles. The van der Waals surface area contributed by atoms with Crippen LogP contribution in [0.2, 0.25) is 0 Å². The summed E-state index contributed by atoms with van der Waals surface area (Å²) in [4.78, 5) is 26.5. The lowest BCUT2D eigenvalue weighted by Gasteiger charge is -2.16. The van der Waals surface area contributed by atoms with Gasteiger partial charge in [0.1, 0.15) is 11.3 Å². The van der Waals surface area contributed by atoms with Crippen LogP contribution < -0.4 is 11.4 Å². The predicted octanol–water partition coefficient (Wildman–Crippen LogP) is 1.91. The SMILES string of the molecule is Cc1cc(CCc2ccccc2)oc(=O)c1C(=O)N1CCC(N)C1. The van der Waals surface area contributed by atoms with Crippen molar-refractivity contribution in [2.75, 3.05) is 13.1 Å². The molecule has 1 aliphatic rings. The van der Waals surface area contributed by atoms with Gasteiger partial charge in [0.2, 0.25) is 0 Å². The second-order valence-corrected chi connectivity index (χ2v) is 6.34. The Morgan fingerprint density at radius 2 is 2.04 bits per heavy atom. The Labute approximate surface area is 141 Å². The first-order valence-electron chi connectivity index (χ1n) is 8.27. The maximum atomic E-state index is 12.5. The molecule has 0 radical (unpaired) electrons. The van der Waals surface area contributed by atoms with Crippen molar-refractivity contribution in [1.82, 2.24) is 4.90 Å². The molecule has 2 aromatic rings. The summed E-state index contributed by atoms with van der Waals surface area (Å²) in [5.74, 6) is 0.333. The zero-order chi connectivity index (χ0) is 17.1. The van der Waals surface area contributed by atoms with Crippen LogP contribution >= 0.6 is 0 Å². The fourth-order valence-electron chi connectivity index (χ4n) is 3.10. The molecule has 3 rings (SSSR count). The minimum atomic E-state index is -0.552. The smallest absolute Gasteiger partial charge is 0.349 e. The highest BCUT2D eigenvalue weighted by Crippen LogP contribution is 2.15. The average molecular weight is 326 g/mol. The molecular weight excluding hydrogens is 304 g/mol. The van der Waals surface area contributed by atoms with E-state index in [2.05, 4.69) is 0 Å². The lowest BCUT2D eigenvalue weighted by atomic mass is 10.1. The minimum absolute atomic E-state index is 0.00792. The van der Waals surface area contributed by atoms with Gasteiger partial charge in [-0.1, -0.05) is 30.3 Å². The summed E-state index contributed by atoms with van der Waals surface area (Å²) in [7, 11) is 0. The number of benzene rings is 1. The molecule has 5 nitrogen and oxygen atoms in total. The van der Waals surface area contributed by atoms with Gasteiger partial charge >= 0.3 is 5.63 Å². The van der Waals surface area contributed by atoms with Gasteiger partial charge in [-0.3, -0.25) is 4.79 Å². The van der Waals surface area contributed by atoms with Gasteiger partial charge in [-0.2, -0.15) is 0 Å². The number of carbonyl (C=O) groups excluding carboxylic acids is 1. The van der Waals surface area contributed by atoms with Crippen LogP contribution in [0, 0.1) is 6.92 Å². The molecule has 1 amide bonds. The topological polar surface area (TPSA) is 76.5 Å². The van der Waals surface area contributed by atoms with Crippen molar-refractivity contribution in [3.63, 3.8) is 0 Å². The van der Waals surface area contributed by atoms with Gasteiger partial charge in [0.25, 0.3) is 5.91 Å². The van der Waals surface area contributed by atoms with Crippen molar-refractivity contribution < 1.29 is 9.21 Å². The predicted molar refractivity (Wildman–Crippen MR) is 92.1 cm³/mol. The van der Waals surface area contributed by atoms with Crippen molar-refractivity contribution >= 4 is 5.91 Å². The van der Waals surface area contributed by atoms with Gasteiger partial charge in [0.05, 0.1) is 0 Å². The molecule has 5 heteroatoms. The number of hydrogen-bond donors (Lipinski definition) is 1. The third-order valence-corrected chi connectivity index (χ3v) is 4.43. The Kier molecular flexibility index (Phi) is 4.81. The third-order valence-electron chi connectivity index (χ3n) is 4.43. The Bertz CT molecular complexity index is 783. The van der Waals surface area contributed by atoms with Crippen LogP contribution in [0.1, 0.15) is 33.7 Å². The van der Waals surface area contributed by atoms with Crippen LogP contribution in [0.5, 0.6) is 0 Å². The van der Waals surface area contributed by atoms with E-state index in [-0.39, 0.29) is 17.5 Å². The van der Waals surface area contributed by atoms with Crippen molar-refractivity contribution in [3.8, 4) is 0 Å². The summed E-state index contributed by atoms with van der Waals surface area (Å²) in [6.45, 7) is 2.87. The van der Waals surface area contributed by atoms with E-state index < -0.39 is 5.63 Å². The summed E-state index contributed by atoms with van der Waals surface area (Å²) in [6.07, 6.45) is 2.19. The van der Waals surface area contributed by atoms with E-state index in [1.807, 2.05) is 30.3 Å². The maximum Gasteiger partial charge on any atom is 0.349 e. The molecule has 2 N–H and O–H groups in total. The van der Waals surface area contributed by atoms with Crippen molar-refractivity contribution in [3.05, 3.63) is 69.3 Å². The first-order valence-corrected chi connectivity index (χ1v) is 8.27. The Morgan fingerprint density at radius 3 is 2.67 bits per heavy atom. The standard InChI is InChI=1S/C19H22N2O3/c1-13-11-16(8-7-14-5-3-2-4-6-14)24-19(23)17(13)18(22)21-10-9-15(20)12-21/h2-6,11,15H,7-10,12,20H2,1H3. The molecule has 0 bridgehead atoms. The summed E-state index contributed by atoms with van der Waals surface area (Å²) < 4.78 is 5.38. The third kappa shape index (κ3) is 3.57. The molecule has 1 aromatic carbocycles. The molecule has 1 fully saturated rings. The highest BCUT2D eigenvalue weighted by Gasteiger charge is 2.28. The number of nitrogens with two attached hydrogens (primary N) is 1. The lowest BCUT2D eigenvalue weighted by molar-refractivity contribution is 0.0785. The van der Waals surface area contributed by atoms with Gasteiger partial charge in [-0.05, 0) is 37.0 Å². The highest BCUT2D eigenvalue weighted by atomic mass is 16.4. The summed E-state index contributed by atoms with van der Waals surface area (Å²) in [6, 6.07) is 11.8. The normalized spacial score (nSPS) is 17.2. The zero-order valence-corrected chi connectivity index (χ0v) is 13.8. The summed E-state index contributed by atoms with van der Waals surface area (Å²) in [5, 5.41) is 0. The number of rotatable bonds is 4.